The lowest BCUT2D eigenvalue weighted by Crippen LogP contribution is -2.10. The second-order valence-electron chi connectivity index (χ2n) is 5.39. The molecular formula is C16H16N4S. The molecule has 0 saturated carbocycles. The molecule has 3 N–H and O–H groups in total. The number of nitrogens with zero attached hydrogens (tertiary/aromatic N) is 2. The Bertz CT molecular complexity index is 838. The van der Waals surface area contributed by atoms with Crippen molar-refractivity contribution in [2.45, 2.75) is 26.2 Å². The summed E-state index contributed by atoms with van der Waals surface area (Å²) >= 11 is 1.78. The van der Waals surface area contributed by atoms with Crippen LogP contribution < -0.4 is 11.3 Å². The van der Waals surface area contributed by atoms with Crippen molar-refractivity contribution < 1.29 is 0 Å². The molecule has 0 unspecified atom stereocenters. The predicted octanol–water partition coefficient (Wildman–Crippen LogP) is 3.44. The number of benzene rings is 1. The van der Waals surface area contributed by atoms with Crippen LogP contribution in [0.2, 0.25) is 0 Å². The van der Waals surface area contributed by atoms with Gasteiger partial charge in [0, 0.05) is 10.4 Å². The molecule has 2 heterocycles. The van der Waals surface area contributed by atoms with Gasteiger partial charge in [0.15, 0.2) is 11.6 Å². The smallest absolute Gasteiger partial charge is 0.163 e. The topological polar surface area (TPSA) is 63.8 Å². The van der Waals surface area contributed by atoms with E-state index in [2.05, 4.69) is 29.5 Å². The van der Waals surface area contributed by atoms with E-state index in [0.717, 1.165) is 40.3 Å². The second-order valence-corrected chi connectivity index (χ2v) is 6.48. The van der Waals surface area contributed by atoms with E-state index in [4.69, 9.17) is 10.8 Å². The van der Waals surface area contributed by atoms with Gasteiger partial charge in [0.1, 0.15) is 4.83 Å². The Morgan fingerprint density at radius 2 is 2.05 bits per heavy atom. The van der Waals surface area contributed by atoms with Crippen molar-refractivity contribution in [3.63, 3.8) is 0 Å². The molecule has 0 amide bonds. The van der Waals surface area contributed by atoms with Gasteiger partial charge >= 0.3 is 0 Å². The zero-order chi connectivity index (χ0) is 14.4. The summed E-state index contributed by atoms with van der Waals surface area (Å²) in [6.07, 6.45) is 3.48. The molecule has 2 aromatic heterocycles. The van der Waals surface area contributed by atoms with Crippen LogP contribution in [0.1, 0.15) is 22.4 Å². The van der Waals surface area contributed by atoms with E-state index in [1.54, 1.807) is 11.3 Å². The highest BCUT2D eigenvalue weighted by molar-refractivity contribution is 7.19. The largest absolute Gasteiger partial charge is 0.308 e. The Hall–Kier alpha value is -1.98. The summed E-state index contributed by atoms with van der Waals surface area (Å²) in [5.74, 6) is 7.21. The third kappa shape index (κ3) is 1.92. The Morgan fingerprint density at radius 3 is 2.86 bits per heavy atom. The van der Waals surface area contributed by atoms with Crippen molar-refractivity contribution in [1.29, 1.82) is 0 Å². The molecule has 0 radical (unpaired) electrons. The first-order valence-electron chi connectivity index (χ1n) is 7.13. The van der Waals surface area contributed by atoms with Crippen LogP contribution in [0.3, 0.4) is 0 Å². The summed E-state index contributed by atoms with van der Waals surface area (Å²) in [6, 6.07) is 8.17. The second kappa shape index (κ2) is 4.79. The maximum atomic E-state index is 5.72. The van der Waals surface area contributed by atoms with Crippen molar-refractivity contribution >= 4 is 27.4 Å². The van der Waals surface area contributed by atoms with E-state index >= 15 is 0 Å². The van der Waals surface area contributed by atoms with Gasteiger partial charge in [-0.2, -0.15) is 0 Å². The number of hydrazine groups is 1. The van der Waals surface area contributed by atoms with Gasteiger partial charge in [0.2, 0.25) is 0 Å². The van der Waals surface area contributed by atoms with Crippen LogP contribution >= 0.6 is 11.3 Å². The number of fused-ring (bicyclic) bond motifs is 3. The van der Waals surface area contributed by atoms with Gasteiger partial charge in [0.05, 0.1) is 5.39 Å². The van der Waals surface area contributed by atoms with Crippen molar-refractivity contribution in [3.05, 3.63) is 40.3 Å². The molecule has 0 atom stereocenters. The third-order valence-electron chi connectivity index (χ3n) is 4.09. The number of nitrogens with one attached hydrogen (secondary N) is 1. The number of nitrogens with two attached hydrogens (primary N) is 1. The summed E-state index contributed by atoms with van der Waals surface area (Å²) in [5, 5.41) is 1.12. The summed E-state index contributed by atoms with van der Waals surface area (Å²) in [6.45, 7) is 2.08. The number of hydrogen-bond donors (Lipinski definition) is 2. The standard InChI is InChI=1S/C16H16N4S/c1-9-5-2-3-6-10(9)14-18-15(20-17)13-11-7-4-8-12(11)21-16(13)19-14/h2-3,5-6H,4,7-8,17H2,1H3,(H,18,19,20). The minimum atomic E-state index is 0.744. The fourth-order valence-electron chi connectivity index (χ4n) is 3.04. The summed E-state index contributed by atoms with van der Waals surface area (Å²) in [4.78, 5) is 11.9. The maximum absolute atomic E-state index is 5.72. The van der Waals surface area contributed by atoms with Crippen LogP contribution in [0.5, 0.6) is 0 Å². The lowest BCUT2D eigenvalue weighted by molar-refractivity contribution is 0.917. The van der Waals surface area contributed by atoms with Crippen molar-refractivity contribution in [2.75, 3.05) is 5.43 Å². The molecular weight excluding hydrogens is 280 g/mol. The van der Waals surface area contributed by atoms with Crippen LogP contribution in [0.25, 0.3) is 21.6 Å². The molecule has 0 spiro atoms. The first-order valence-corrected chi connectivity index (χ1v) is 7.94. The highest BCUT2D eigenvalue weighted by Gasteiger charge is 2.22. The number of rotatable bonds is 2. The minimum Gasteiger partial charge on any atom is -0.308 e. The predicted molar refractivity (Wildman–Crippen MR) is 87.4 cm³/mol. The molecule has 5 heteroatoms. The number of aryl methyl sites for hydroxylation is 3. The van der Waals surface area contributed by atoms with Crippen molar-refractivity contribution in [1.82, 2.24) is 9.97 Å². The molecule has 4 nitrogen and oxygen atoms in total. The molecule has 4 rings (SSSR count). The molecule has 1 aliphatic rings. The van der Waals surface area contributed by atoms with Gasteiger partial charge in [-0.15, -0.1) is 11.3 Å². The average Bonchev–Trinajstić information content (AvgIpc) is 3.07. The first kappa shape index (κ1) is 12.7. The molecule has 0 fully saturated rings. The van der Waals surface area contributed by atoms with Crippen LogP contribution in [0.4, 0.5) is 5.82 Å². The fourth-order valence-corrected chi connectivity index (χ4v) is 4.31. The van der Waals surface area contributed by atoms with E-state index in [9.17, 15) is 0 Å². The van der Waals surface area contributed by atoms with Crippen LogP contribution in [-0.4, -0.2) is 9.97 Å². The Kier molecular flexibility index (Phi) is 2.90. The van der Waals surface area contributed by atoms with E-state index in [1.165, 1.54) is 22.4 Å². The summed E-state index contributed by atoms with van der Waals surface area (Å²) in [7, 11) is 0. The van der Waals surface area contributed by atoms with Crippen LogP contribution in [-0.2, 0) is 12.8 Å². The van der Waals surface area contributed by atoms with Gasteiger partial charge in [-0.1, -0.05) is 24.3 Å². The van der Waals surface area contributed by atoms with E-state index in [1.807, 2.05) is 12.1 Å². The van der Waals surface area contributed by atoms with Gasteiger partial charge < -0.3 is 5.43 Å². The Labute approximate surface area is 127 Å². The molecule has 0 saturated heterocycles. The van der Waals surface area contributed by atoms with Gasteiger partial charge in [-0.05, 0) is 37.3 Å². The molecule has 0 bridgehead atoms. The summed E-state index contributed by atoms with van der Waals surface area (Å²) < 4.78 is 0. The fraction of sp³-hybridized carbons (Fsp3) is 0.250. The molecule has 1 aliphatic carbocycles. The number of aromatic nitrogens is 2. The number of hydrogen-bond acceptors (Lipinski definition) is 5. The average molecular weight is 296 g/mol. The maximum Gasteiger partial charge on any atom is 0.163 e. The summed E-state index contributed by atoms with van der Waals surface area (Å²) in [5.41, 5.74) is 6.39. The van der Waals surface area contributed by atoms with E-state index in [-0.39, 0.29) is 0 Å². The zero-order valence-corrected chi connectivity index (χ0v) is 12.6. The Morgan fingerprint density at radius 1 is 1.19 bits per heavy atom. The number of nitrogen functional groups attached to an aromatic ring is 1. The Balaban J connectivity index is 1.99. The zero-order valence-electron chi connectivity index (χ0n) is 11.8. The van der Waals surface area contributed by atoms with Gasteiger partial charge in [-0.3, -0.25) is 0 Å². The lowest BCUT2D eigenvalue weighted by Gasteiger charge is -2.08. The van der Waals surface area contributed by atoms with Crippen LogP contribution in [0, 0.1) is 6.92 Å². The number of anilines is 1. The van der Waals surface area contributed by atoms with E-state index < -0.39 is 0 Å². The molecule has 106 valence electrons. The van der Waals surface area contributed by atoms with Crippen molar-refractivity contribution in [3.8, 4) is 11.4 Å². The van der Waals surface area contributed by atoms with Crippen LogP contribution in [0.15, 0.2) is 24.3 Å². The minimum absolute atomic E-state index is 0.744. The number of thiophene rings is 1. The molecule has 1 aromatic carbocycles. The van der Waals surface area contributed by atoms with Gasteiger partial charge in [-0.25, -0.2) is 15.8 Å². The third-order valence-corrected chi connectivity index (χ3v) is 5.27. The molecule has 0 aliphatic heterocycles. The van der Waals surface area contributed by atoms with Gasteiger partial charge in [0.25, 0.3) is 0 Å². The normalized spacial score (nSPS) is 13.6. The quantitative estimate of drug-likeness (QED) is 0.561. The highest BCUT2D eigenvalue weighted by Crippen LogP contribution is 2.40. The van der Waals surface area contributed by atoms with Crippen molar-refractivity contribution in [2.24, 2.45) is 5.84 Å². The SMILES string of the molecule is Cc1ccccc1-c1nc(NN)c2c3c(sc2n1)CCC3. The molecule has 3 aromatic rings. The monoisotopic (exact) mass is 296 g/mol. The highest BCUT2D eigenvalue weighted by atomic mass is 32.1. The first-order chi connectivity index (χ1) is 10.3. The lowest BCUT2D eigenvalue weighted by atomic mass is 10.1. The molecule has 21 heavy (non-hydrogen) atoms. The van der Waals surface area contributed by atoms with E-state index in [0.29, 0.717) is 0 Å².